The summed E-state index contributed by atoms with van der Waals surface area (Å²) in [5.74, 6) is 0.254. The average Bonchev–Trinajstić information content (AvgIpc) is 3.12. The molecule has 0 atom stereocenters. The lowest BCUT2D eigenvalue weighted by molar-refractivity contribution is 0.100. The highest BCUT2D eigenvalue weighted by molar-refractivity contribution is 7.16. The molecule has 1 aliphatic heterocycles. The van der Waals surface area contributed by atoms with Crippen LogP contribution in [0.1, 0.15) is 32.5 Å². The molecule has 1 aromatic heterocycles. The zero-order valence-electron chi connectivity index (χ0n) is 11.8. The molecule has 3 N–H and O–H groups in total. The highest BCUT2D eigenvalue weighted by atomic mass is 32.1. The number of anilines is 1. The minimum Gasteiger partial charge on any atom is -0.454 e. The van der Waals surface area contributed by atoms with Crippen LogP contribution in [0.2, 0.25) is 0 Å². The van der Waals surface area contributed by atoms with Crippen molar-refractivity contribution in [1.82, 2.24) is 0 Å². The lowest BCUT2D eigenvalue weighted by Gasteiger charge is -2.05. The van der Waals surface area contributed by atoms with E-state index >= 15 is 0 Å². The fourth-order valence-electron chi connectivity index (χ4n) is 2.11. The Morgan fingerprint density at radius 1 is 1.27 bits per heavy atom. The first-order valence-electron chi connectivity index (χ1n) is 6.72. The summed E-state index contributed by atoms with van der Waals surface area (Å²) in [6.07, 6.45) is 0.769. The minimum atomic E-state index is -0.558. The van der Waals surface area contributed by atoms with Gasteiger partial charge in [-0.05, 0) is 30.7 Å². The van der Waals surface area contributed by atoms with E-state index in [4.69, 9.17) is 15.2 Å². The predicted octanol–water partition coefficient (Wildman–Crippen LogP) is 2.39. The van der Waals surface area contributed by atoms with Gasteiger partial charge in [0.05, 0.1) is 5.56 Å². The van der Waals surface area contributed by atoms with E-state index in [9.17, 15) is 9.59 Å². The van der Waals surface area contributed by atoms with Crippen molar-refractivity contribution in [3.8, 4) is 11.5 Å². The molecular weight excluding hydrogens is 304 g/mol. The molecule has 2 amide bonds. The fraction of sp³-hybridized carbons (Fsp3) is 0.200. The number of benzene rings is 1. The molecule has 0 aliphatic carbocycles. The molecule has 114 valence electrons. The van der Waals surface area contributed by atoms with Crippen molar-refractivity contribution in [3.63, 3.8) is 0 Å². The van der Waals surface area contributed by atoms with E-state index in [1.54, 1.807) is 24.3 Å². The Morgan fingerprint density at radius 3 is 2.77 bits per heavy atom. The van der Waals surface area contributed by atoms with E-state index in [1.807, 2.05) is 6.92 Å². The normalized spacial score (nSPS) is 12.2. The fourth-order valence-corrected chi connectivity index (χ4v) is 3.10. The van der Waals surface area contributed by atoms with E-state index in [1.165, 1.54) is 11.3 Å². The van der Waals surface area contributed by atoms with Crippen molar-refractivity contribution in [1.29, 1.82) is 0 Å². The van der Waals surface area contributed by atoms with Crippen LogP contribution in [0.3, 0.4) is 0 Å². The van der Waals surface area contributed by atoms with Gasteiger partial charge in [0.1, 0.15) is 5.00 Å². The molecule has 7 heteroatoms. The smallest absolute Gasteiger partial charge is 0.256 e. The molecule has 0 fully saturated rings. The monoisotopic (exact) mass is 318 g/mol. The molecule has 0 bridgehead atoms. The van der Waals surface area contributed by atoms with Crippen LogP contribution < -0.4 is 20.5 Å². The van der Waals surface area contributed by atoms with Gasteiger partial charge in [0, 0.05) is 10.4 Å². The number of hydrogen-bond donors (Lipinski definition) is 2. The van der Waals surface area contributed by atoms with Gasteiger partial charge < -0.3 is 20.5 Å². The summed E-state index contributed by atoms with van der Waals surface area (Å²) in [6, 6.07) is 6.64. The zero-order chi connectivity index (χ0) is 15.7. The number of rotatable bonds is 4. The minimum absolute atomic E-state index is 0.150. The van der Waals surface area contributed by atoms with Crippen molar-refractivity contribution >= 4 is 28.2 Å². The van der Waals surface area contributed by atoms with Gasteiger partial charge in [-0.3, -0.25) is 9.59 Å². The Bertz CT molecular complexity index is 754. The van der Waals surface area contributed by atoms with Crippen LogP contribution >= 0.6 is 11.3 Å². The van der Waals surface area contributed by atoms with Gasteiger partial charge in [-0.15, -0.1) is 11.3 Å². The summed E-state index contributed by atoms with van der Waals surface area (Å²) < 4.78 is 10.5. The number of nitrogens with two attached hydrogens (primary N) is 1. The third-order valence-electron chi connectivity index (χ3n) is 3.26. The largest absolute Gasteiger partial charge is 0.454 e. The van der Waals surface area contributed by atoms with Crippen LogP contribution in [-0.2, 0) is 6.42 Å². The molecule has 1 aromatic carbocycles. The number of thiophene rings is 1. The molecule has 1 aliphatic rings. The van der Waals surface area contributed by atoms with Crippen molar-refractivity contribution in [2.45, 2.75) is 13.3 Å². The van der Waals surface area contributed by atoms with Crippen molar-refractivity contribution in [3.05, 3.63) is 40.3 Å². The molecule has 2 heterocycles. The van der Waals surface area contributed by atoms with Gasteiger partial charge in [0.25, 0.3) is 11.8 Å². The van der Waals surface area contributed by atoms with Crippen molar-refractivity contribution in [2.24, 2.45) is 5.73 Å². The summed E-state index contributed by atoms with van der Waals surface area (Å²) in [6.45, 7) is 2.12. The Labute approximate surface area is 130 Å². The van der Waals surface area contributed by atoms with Crippen LogP contribution in [0, 0.1) is 0 Å². The quantitative estimate of drug-likeness (QED) is 0.905. The second-order valence-electron chi connectivity index (χ2n) is 4.70. The Kier molecular flexibility index (Phi) is 3.72. The number of carbonyl (C=O) groups is 2. The van der Waals surface area contributed by atoms with Crippen LogP contribution in [-0.4, -0.2) is 18.6 Å². The van der Waals surface area contributed by atoms with Gasteiger partial charge in [0.15, 0.2) is 11.5 Å². The number of carbonyl (C=O) groups excluding carboxylic acids is 2. The number of aryl methyl sites for hydroxylation is 1. The molecule has 0 saturated heterocycles. The SMILES string of the molecule is CCc1cc(C(N)=O)c(NC(=O)c2ccc3c(c2)OCO3)s1. The number of primary amides is 1. The van der Waals surface area contributed by atoms with E-state index < -0.39 is 5.91 Å². The standard InChI is InChI=1S/C15H14N2O4S/c1-2-9-6-10(13(16)18)15(22-9)17-14(19)8-3-4-11-12(5-8)21-7-20-11/h3-6H,2,7H2,1H3,(H2,16,18)(H,17,19). The first-order chi connectivity index (χ1) is 10.6. The number of hydrogen-bond acceptors (Lipinski definition) is 5. The average molecular weight is 318 g/mol. The lowest BCUT2D eigenvalue weighted by atomic mass is 10.2. The van der Waals surface area contributed by atoms with Crippen molar-refractivity contribution < 1.29 is 19.1 Å². The summed E-state index contributed by atoms with van der Waals surface area (Å²) in [7, 11) is 0. The number of ether oxygens (including phenoxy) is 2. The Morgan fingerprint density at radius 2 is 2.05 bits per heavy atom. The van der Waals surface area contributed by atoms with Gasteiger partial charge in [-0.2, -0.15) is 0 Å². The predicted molar refractivity (Wildman–Crippen MR) is 82.7 cm³/mol. The van der Waals surface area contributed by atoms with Crippen molar-refractivity contribution in [2.75, 3.05) is 12.1 Å². The maximum atomic E-state index is 12.3. The molecular formula is C15H14N2O4S. The lowest BCUT2D eigenvalue weighted by Crippen LogP contribution is -2.16. The van der Waals surface area contributed by atoms with Crippen LogP contribution in [0.5, 0.6) is 11.5 Å². The van der Waals surface area contributed by atoms with E-state index in [0.717, 1.165) is 11.3 Å². The van der Waals surface area contributed by atoms with Gasteiger partial charge >= 0.3 is 0 Å². The maximum Gasteiger partial charge on any atom is 0.256 e. The second kappa shape index (κ2) is 5.69. The summed E-state index contributed by atoms with van der Waals surface area (Å²) >= 11 is 1.35. The zero-order valence-corrected chi connectivity index (χ0v) is 12.7. The molecule has 6 nitrogen and oxygen atoms in total. The van der Waals surface area contributed by atoms with Crippen LogP contribution in [0.15, 0.2) is 24.3 Å². The first-order valence-corrected chi connectivity index (χ1v) is 7.53. The maximum absolute atomic E-state index is 12.3. The van der Waals surface area contributed by atoms with Crippen LogP contribution in [0.25, 0.3) is 0 Å². The van der Waals surface area contributed by atoms with E-state index in [0.29, 0.717) is 27.6 Å². The molecule has 22 heavy (non-hydrogen) atoms. The number of amides is 2. The highest BCUT2D eigenvalue weighted by Gasteiger charge is 2.19. The number of fused-ring (bicyclic) bond motifs is 1. The molecule has 2 aromatic rings. The molecule has 0 saturated carbocycles. The third-order valence-corrected chi connectivity index (χ3v) is 4.45. The summed E-state index contributed by atoms with van der Waals surface area (Å²) in [5.41, 5.74) is 6.10. The molecule has 0 spiro atoms. The van der Waals surface area contributed by atoms with Gasteiger partial charge in [0.2, 0.25) is 6.79 Å². The van der Waals surface area contributed by atoms with Gasteiger partial charge in [-0.25, -0.2) is 0 Å². The highest BCUT2D eigenvalue weighted by Crippen LogP contribution is 2.33. The van der Waals surface area contributed by atoms with E-state index in [2.05, 4.69) is 5.32 Å². The summed E-state index contributed by atoms with van der Waals surface area (Å²) in [4.78, 5) is 24.8. The molecule has 3 rings (SSSR count). The Balaban J connectivity index is 1.85. The van der Waals surface area contributed by atoms with E-state index in [-0.39, 0.29) is 12.7 Å². The second-order valence-corrected chi connectivity index (χ2v) is 5.83. The topological polar surface area (TPSA) is 90.7 Å². The summed E-state index contributed by atoms with van der Waals surface area (Å²) in [5, 5.41) is 3.20. The Hall–Kier alpha value is -2.54. The number of nitrogens with one attached hydrogen (secondary N) is 1. The van der Waals surface area contributed by atoms with Crippen LogP contribution in [0.4, 0.5) is 5.00 Å². The molecule has 0 radical (unpaired) electrons. The molecule has 0 unspecified atom stereocenters. The first kappa shape index (κ1) is 14.4. The van der Waals surface area contributed by atoms with Gasteiger partial charge in [-0.1, -0.05) is 6.92 Å². The third kappa shape index (κ3) is 2.62.